The number of nitrogens with zero attached hydrogens (tertiary/aromatic N) is 2. The number of ether oxygens (including phenoxy) is 2. The summed E-state index contributed by atoms with van der Waals surface area (Å²) in [6, 6.07) is 5.42. The Morgan fingerprint density at radius 2 is 1.80 bits per heavy atom. The molecule has 2 rings (SSSR count). The summed E-state index contributed by atoms with van der Waals surface area (Å²) in [5.74, 6) is 1.10. The normalized spacial score (nSPS) is 10.3. The van der Waals surface area contributed by atoms with Gasteiger partial charge in [0.1, 0.15) is 5.82 Å². The van der Waals surface area contributed by atoms with Crippen molar-refractivity contribution in [3.05, 3.63) is 29.3 Å². The van der Waals surface area contributed by atoms with Crippen molar-refractivity contribution in [1.29, 1.82) is 0 Å². The van der Waals surface area contributed by atoms with Crippen LogP contribution in [0.5, 0.6) is 17.4 Å². The largest absolute Gasteiger partial charge is 0.493 e. The number of aromatic hydroxyl groups is 1. The van der Waals surface area contributed by atoms with E-state index in [1.807, 2.05) is 6.07 Å². The molecule has 5 N–H and O–H groups in total. The first kappa shape index (κ1) is 13.7. The molecule has 0 fully saturated rings. The van der Waals surface area contributed by atoms with Crippen molar-refractivity contribution >= 4 is 11.8 Å². The average Bonchev–Trinajstić information content (AvgIpc) is 2.42. The van der Waals surface area contributed by atoms with Crippen LogP contribution in [0.25, 0.3) is 0 Å². The van der Waals surface area contributed by atoms with E-state index in [-0.39, 0.29) is 17.6 Å². The first-order chi connectivity index (χ1) is 9.55. The molecular weight excluding hydrogens is 260 g/mol. The van der Waals surface area contributed by atoms with Gasteiger partial charge in [-0.3, -0.25) is 0 Å². The Labute approximate surface area is 116 Å². The van der Waals surface area contributed by atoms with Crippen LogP contribution >= 0.6 is 0 Å². The summed E-state index contributed by atoms with van der Waals surface area (Å²) in [5.41, 5.74) is 12.5. The molecule has 1 heterocycles. The van der Waals surface area contributed by atoms with E-state index in [0.717, 1.165) is 5.56 Å². The zero-order valence-corrected chi connectivity index (χ0v) is 11.3. The van der Waals surface area contributed by atoms with Gasteiger partial charge >= 0.3 is 0 Å². The number of rotatable bonds is 4. The topological polar surface area (TPSA) is 117 Å². The third kappa shape index (κ3) is 2.66. The molecule has 0 aliphatic rings. The van der Waals surface area contributed by atoms with Crippen LogP contribution in [-0.4, -0.2) is 29.3 Å². The Balaban J connectivity index is 2.35. The lowest BCUT2D eigenvalue weighted by Crippen LogP contribution is -2.05. The fourth-order valence-electron chi connectivity index (χ4n) is 1.87. The quantitative estimate of drug-likeness (QED) is 0.761. The van der Waals surface area contributed by atoms with Gasteiger partial charge in [0.2, 0.25) is 11.8 Å². The number of hydrogen-bond donors (Lipinski definition) is 3. The summed E-state index contributed by atoms with van der Waals surface area (Å²) in [5, 5.41) is 9.79. The third-order valence-corrected chi connectivity index (χ3v) is 2.86. The monoisotopic (exact) mass is 276 g/mol. The first-order valence-electron chi connectivity index (χ1n) is 5.87. The molecule has 7 heteroatoms. The van der Waals surface area contributed by atoms with Crippen molar-refractivity contribution < 1.29 is 14.6 Å². The lowest BCUT2D eigenvalue weighted by molar-refractivity contribution is 0.354. The van der Waals surface area contributed by atoms with E-state index < -0.39 is 0 Å². The number of benzene rings is 1. The molecule has 0 spiro atoms. The van der Waals surface area contributed by atoms with Gasteiger partial charge in [-0.1, -0.05) is 6.07 Å². The molecule has 0 unspecified atom stereocenters. The fraction of sp³-hybridized carbons (Fsp3) is 0.231. The highest BCUT2D eigenvalue weighted by Gasteiger charge is 2.13. The van der Waals surface area contributed by atoms with Crippen molar-refractivity contribution in [3.63, 3.8) is 0 Å². The first-order valence-corrected chi connectivity index (χ1v) is 5.87. The predicted octanol–water partition coefficient (Wildman–Crippen LogP) is 0.955. The minimum atomic E-state index is -0.218. The van der Waals surface area contributed by atoms with Gasteiger partial charge in [0.25, 0.3) is 0 Å². The highest BCUT2D eigenvalue weighted by atomic mass is 16.5. The summed E-state index contributed by atoms with van der Waals surface area (Å²) >= 11 is 0. The maximum Gasteiger partial charge on any atom is 0.225 e. The van der Waals surface area contributed by atoms with Gasteiger partial charge in [0, 0.05) is 6.42 Å². The maximum absolute atomic E-state index is 9.79. The van der Waals surface area contributed by atoms with Crippen LogP contribution in [0, 0.1) is 0 Å². The molecule has 0 aliphatic heterocycles. The molecule has 0 bridgehead atoms. The van der Waals surface area contributed by atoms with Crippen molar-refractivity contribution in [1.82, 2.24) is 9.97 Å². The van der Waals surface area contributed by atoms with Crippen LogP contribution in [0.2, 0.25) is 0 Å². The minimum Gasteiger partial charge on any atom is -0.493 e. The molecule has 0 atom stereocenters. The third-order valence-electron chi connectivity index (χ3n) is 2.86. The number of nitrogens with two attached hydrogens (primary N) is 2. The second kappa shape index (κ2) is 5.52. The smallest absolute Gasteiger partial charge is 0.225 e. The van der Waals surface area contributed by atoms with E-state index in [1.165, 1.54) is 0 Å². The van der Waals surface area contributed by atoms with E-state index in [4.69, 9.17) is 20.9 Å². The van der Waals surface area contributed by atoms with Gasteiger partial charge in [-0.05, 0) is 17.7 Å². The molecule has 0 saturated heterocycles. The Morgan fingerprint density at radius 3 is 2.40 bits per heavy atom. The van der Waals surface area contributed by atoms with E-state index in [9.17, 15) is 5.11 Å². The SMILES string of the molecule is COc1ccc(Cc2c(N)nc(N)nc2O)cc1OC. The van der Waals surface area contributed by atoms with Gasteiger partial charge in [-0.2, -0.15) is 9.97 Å². The van der Waals surface area contributed by atoms with Gasteiger partial charge in [-0.15, -0.1) is 0 Å². The Morgan fingerprint density at radius 1 is 1.10 bits per heavy atom. The molecule has 1 aromatic heterocycles. The molecule has 0 amide bonds. The van der Waals surface area contributed by atoms with E-state index in [2.05, 4.69) is 9.97 Å². The zero-order chi connectivity index (χ0) is 14.7. The van der Waals surface area contributed by atoms with Crippen LogP contribution in [0.3, 0.4) is 0 Å². The molecule has 20 heavy (non-hydrogen) atoms. The average molecular weight is 276 g/mol. The summed E-state index contributed by atoms with van der Waals surface area (Å²) in [7, 11) is 3.12. The lowest BCUT2D eigenvalue weighted by Gasteiger charge is -2.11. The number of nitrogen functional groups attached to an aromatic ring is 2. The maximum atomic E-state index is 9.79. The summed E-state index contributed by atoms with van der Waals surface area (Å²) in [6.45, 7) is 0. The van der Waals surface area contributed by atoms with Crippen LogP contribution < -0.4 is 20.9 Å². The number of anilines is 2. The van der Waals surface area contributed by atoms with Gasteiger partial charge in [0.15, 0.2) is 11.5 Å². The van der Waals surface area contributed by atoms with E-state index >= 15 is 0 Å². The summed E-state index contributed by atoms with van der Waals surface area (Å²) in [4.78, 5) is 7.53. The number of aromatic nitrogens is 2. The molecule has 2 aromatic rings. The molecule has 0 radical (unpaired) electrons. The molecule has 1 aromatic carbocycles. The van der Waals surface area contributed by atoms with Crippen LogP contribution in [0.1, 0.15) is 11.1 Å². The van der Waals surface area contributed by atoms with Crippen molar-refractivity contribution in [3.8, 4) is 17.4 Å². The number of hydrogen-bond acceptors (Lipinski definition) is 7. The van der Waals surface area contributed by atoms with Gasteiger partial charge in [0.05, 0.1) is 19.8 Å². The van der Waals surface area contributed by atoms with Gasteiger partial charge < -0.3 is 26.0 Å². The molecule has 7 nitrogen and oxygen atoms in total. The molecule has 0 saturated carbocycles. The predicted molar refractivity (Wildman–Crippen MR) is 74.9 cm³/mol. The summed E-state index contributed by atoms with van der Waals surface area (Å²) < 4.78 is 10.4. The molecule has 106 valence electrons. The highest BCUT2D eigenvalue weighted by Crippen LogP contribution is 2.30. The minimum absolute atomic E-state index is 0.0592. The van der Waals surface area contributed by atoms with Crippen molar-refractivity contribution in [2.75, 3.05) is 25.7 Å². The lowest BCUT2D eigenvalue weighted by atomic mass is 10.1. The Kier molecular flexibility index (Phi) is 3.79. The zero-order valence-electron chi connectivity index (χ0n) is 11.3. The standard InChI is InChI=1S/C13H16N4O3/c1-19-9-4-3-7(6-10(9)20-2)5-8-11(14)16-13(15)17-12(8)18/h3-4,6H,5H2,1-2H3,(H5,14,15,16,17,18). The second-order valence-electron chi connectivity index (χ2n) is 4.14. The summed E-state index contributed by atoms with van der Waals surface area (Å²) in [6.07, 6.45) is 0.359. The van der Waals surface area contributed by atoms with Crippen molar-refractivity contribution in [2.24, 2.45) is 0 Å². The highest BCUT2D eigenvalue weighted by molar-refractivity contribution is 5.52. The number of methoxy groups -OCH3 is 2. The van der Waals surface area contributed by atoms with Crippen LogP contribution in [0.15, 0.2) is 18.2 Å². The fourth-order valence-corrected chi connectivity index (χ4v) is 1.87. The molecular formula is C13H16N4O3. The Hall–Kier alpha value is -2.70. The second-order valence-corrected chi connectivity index (χ2v) is 4.14. The van der Waals surface area contributed by atoms with Crippen LogP contribution in [-0.2, 0) is 6.42 Å². The molecule has 0 aliphatic carbocycles. The van der Waals surface area contributed by atoms with Crippen LogP contribution in [0.4, 0.5) is 11.8 Å². The van der Waals surface area contributed by atoms with E-state index in [0.29, 0.717) is 23.5 Å². The van der Waals surface area contributed by atoms with Gasteiger partial charge in [-0.25, -0.2) is 0 Å². The van der Waals surface area contributed by atoms with Crippen molar-refractivity contribution in [2.45, 2.75) is 6.42 Å². The Bertz CT molecular complexity index is 608. The van der Waals surface area contributed by atoms with E-state index in [1.54, 1.807) is 26.4 Å².